The summed E-state index contributed by atoms with van der Waals surface area (Å²) < 4.78 is 0. The van der Waals surface area contributed by atoms with Crippen molar-refractivity contribution in [1.29, 1.82) is 0 Å². The van der Waals surface area contributed by atoms with E-state index in [4.69, 9.17) is 11.5 Å². The summed E-state index contributed by atoms with van der Waals surface area (Å²) in [6, 6.07) is 9.87. The Labute approximate surface area is 113 Å². The molecule has 0 bridgehead atoms. The number of benzene rings is 1. The van der Waals surface area contributed by atoms with E-state index in [0.717, 1.165) is 10.5 Å². The molecule has 0 aliphatic rings. The summed E-state index contributed by atoms with van der Waals surface area (Å²) in [5.41, 5.74) is 11.6. The highest BCUT2D eigenvalue weighted by Crippen LogP contribution is 2.33. The van der Waals surface area contributed by atoms with Gasteiger partial charge in [-0.05, 0) is 26.3 Å². The van der Waals surface area contributed by atoms with Gasteiger partial charge in [0.15, 0.2) is 0 Å². The fraction of sp³-hybridized carbons (Fsp3) is 0.357. The van der Waals surface area contributed by atoms with Crippen molar-refractivity contribution < 1.29 is 4.79 Å². The Kier molecular flexibility index (Phi) is 4.99. The molecule has 0 aromatic heterocycles. The molecule has 0 aliphatic heterocycles. The Hall–Kier alpha value is -1.26. The highest BCUT2D eigenvalue weighted by Gasteiger charge is 2.23. The van der Waals surface area contributed by atoms with E-state index in [2.05, 4.69) is 0 Å². The Balaban J connectivity index is 3.14. The van der Waals surface area contributed by atoms with Crippen molar-refractivity contribution in [2.45, 2.75) is 26.1 Å². The van der Waals surface area contributed by atoms with Crippen LogP contribution < -0.4 is 11.5 Å². The van der Waals surface area contributed by atoms with Gasteiger partial charge in [-0.15, -0.1) is 11.8 Å². The third-order valence-electron chi connectivity index (χ3n) is 2.50. The first-order valence-electron chi connectivity index (χ1n) is 5.83. The molecule has 1 aromatic rings. The number of carbonyl (C=O) groups excluding carboxylic acids is 1. The summed E-state index contributed by atoms with van der Waals surface area (Å²) in [5.74, 6) is -0.346. The predicted molar refractivity (Wildman–Crippen MR) is 78.6 cm³/mol. The largest absolute Gasteiger partial charge is 0.369 e. The molecule has 0 saturated heterocycles. The lowest BCUT2D eigenvalue weighted by Gasteiger charge is -2.19. The number of carbonyl (C=O) groups is 1. The molecule has 1 rings (SSSR count). The summed E-state index contributed by atoms with van der Waals surface area (Å²) in [7, 11) is 0. The Morgan fingerprint density at radius 2 is 1.89 bits per heavy atom. The molecular weight excluding hydrogens is 244 g/mol. The Bertz CT molecular complexity index is 438. The normalized spacial score (nSPS) is 14.3. The smallest absolute Gasteiger partial charge is 0.226 e. The van der Waals surface area contributed by atoms with Gasteiger partial charge in [-0.3, -0.25) is 4.79 Å². The van der Waals surface area contributed by atoms with Crippen molar-refractivity contribution in [3.63, 3.8) is 0 Å². The summed E-state index contributed by atoms with van der Waals surface area (Å²) in [6.45, 7) is 5.53. The van der Waals surface area contributed by atoms with Crippen LogP contribution in [0.2, 0.25) is 0 Å². The lowest BCUT2D eigenvalue weighted by atomic mass is 9.91. The molecular formula is C14H20N2OS. The monoisotopic (exact) mass is 264 g/mol. The average molecular weight is 264 g/mol. The number of rotatable bonds is 5. The molecule has 4 N–H and O–H groups in total. The van der Waals surface area contributed by atoms with Crippen molar-refractivity contribution in [2.75, 3.05) is 0 Å². The first-order valence-corrected chi connectivity index (χ1v) is 6.71. The second kappa shape index (κ2) is 6.07. The van der Waals surface area contributed by atoms with Crippen LogP contribution in [-0.4, -0.2) is 11.3 Å². The molecule has 0 spiro atoms. The standard InChI is InChI=1S/C14H20N2OS/c1-10(15)18-12(9-14(2,3)13(16)17)11-7-5-4-6-8-11/h4-10H,15H2,1-3H3,(H2,16,17)/b12-9-. The van der Waals surface area contributed by atoms with Gasteiger partial charge in [0.05, 0.1) is 10.8 Å². The lowest BCUT2D eigenvalue weighted by Crippen LogP contribution is -2.29. The lowest BCUT2D eigenvalue weighted by molar-refractivity contribution is -0.123. The van der Waals surface area contributed by atoms with Gasteiger partial charge in [0.25, 0.3) is 0 Å². The number of thioether (sulfide) groups is 1. The molecule has 4 heteroatoms. The van der Waals surface area contributed by atoms with Crippen LogP contribution in [0, 0.1) is 5.41 Å². The number of hydrogen-bond donors (Lipinski definition) is 2. The predicted octanol–water partition coefficient (Wildman–Crippen LogP) is 2.58. The molecule has 98 valence electrons. The number of hydrogen-bond acceptors (Lipinski definition) is 3. The van der Waals surface area contributed by atoms with Crippen LogP contribution in [0.5, 0.6) is 0 Å². The Morgan fingerprint density at radius 3 is 2.33 bits per heavy atom. The minimum absolute atomic E-state index is 0.0415. The van der Waals surface area contributed by atoms with Gasteiger partial charge in [0.2, 0.25) is 5.91 Å². The number of amides is 1. The van der Waals surface area contributed by atoms with E-state index in [0.29, 0.717) is 0 Å². The topological polar surface area (TPSA) is 69.1 Å². The number of nitrogens with two attached hydrogens (primary N) is 2. The summed E-state index contributed by atoms with van der Waals surface area (Å²) in [6.07, 6.45) is 1.89. The third kappa shape index (κ3) is 4.20. The fourth-order valence-corrected chi connectivity index (χ4v) is 2.42. The van der Waals surface area contributed by atoms with Crippen molar-refractivity contribution in [2.24, 2.45) is 16.9 Å². The highest BCUT2D eigenvalue weighted by molar-refractivity contribution is 8.08. The molecule has 1 aromatic carbocycles. The number of primary amides is 1. The molecule has 3 nitrogen and oxygen atoms in total. The zero-order chi connectivity index (χ0) is 13.8. The minimum Gasteiger partial charge on any atom is -0.369 e. The summed E-state index contributed by atoms with van der Waals surface area (Å²) >= 11 is 1.53. The molecule has 1 unspecified atom stereocenters. The second-order valence-electron chi connectivity index (χ2n) is 4.78. The van der Waals surface area contributed by atoms with Crippen LogP contribution in [0.25, 0.3) is 4.91 Å². The average Bonchev–Trinajstić information content (AvgIpc) is 2.28. The van der Waals surface area contributed by atoms with E-state index in [1.54, 1.807) is 13.8 Å². The van der Waals surface area contributed by atoms with E-state index in [1.807, 2.05) is 43.3 Å². The molecule has 18 heavy (non-hydrogen) atoms. The van der Waals surface area contributed by atoms with E-state index >= 15 is 0 Å². The first-order chi connectivity index (χ1) is 8.33. The second-order valence-corrected chi connectivity index (χ2v) is 6.20. The molecule has 0 fully saturated rings. The van der Waals surface area contributed by atoms with Gasteiger partial charge in [-0.25, -0.2) is 0 Å². The van der Waals surface area contributed by atoms with Crippen LogP contribution in [0.3, 0.4) is 0 Å². The van der Waals surface area contributed by atoms with Gasteiger partial charge in [0.1, 0.15) is 0 Å². The molecule has 1 amide bonds. The third-order valence-corrected chi connectivity index (χ3v) is 3.48. The highest BCUT2D eigenvalue weighted by atomic mass is 32.2. The van der Waals surface area contributed by atoms with Gasteiger partial charge in [-0.1, -0.05) is 36.4 Å². The molecule has 1 atom stereocenters. The molecule has 0 heterocycles. The zero-order valence-corrected chi connectivity index (χ0v) is 11.8. The summed E-state index contributed by atoms with van der Waals surface area (Å²) in [5, 5.41) is -0.0415. The van der Waals surface area contributed by atoms with Crippen LogP contribution in [0.1, 0.15) is 26.3 Å². The maximum Gasteiger partial charge on any atom is 0.226 e. The van der Waals surface area contributed by atoms with Crippen molar-refractivity contribution >= 4 is 22.6 Å². The van der Waals surface area contributed by atoms with Crippen molar-refractivity contribution in [3.8, 4) is 0 Å². The van der Waals surface area contributed by atoms with E-state index < -0.39 is 5.41 Å². The van der Waals surface area contributed by atoms with E-state index in [9.17, 15) is 4.79 Å². The maximum absolute atomic E-state index is 11.4. The van der Waals surface area contributed by atoms with Crippen LogP contribution in [-0.2, 0) is 4.79 Å². The zero-order valence-electron chi connectivity index (χ0n) is 11.0. The van der Waals surface area contributed by atoms with E-state index in [1.165, 1.54) is 11.8 Å². The minimum atomic E-state index is -0.687. The maximum atomic E-state index is 11.4. The van der Waals surface area contributed by atoms with Gasteiger partial charge in [0, 0.05) is 4.91 Å². The van der Waals surface area contributed by atoms with Crippen molar-refractivity contribution in [3.05, 3.63) is 42.0 Å². The van der Waals surface area contributed by atoms with Gasteiger partial charge in [-0.2, -0.15) is 0 Å². The molecule has 0 saturated carbocycles. The summed E-state index contributed by atoms with van der Waals surface area (Å²) in [4.78, 5) is 12.4. The first kappa shape index (κ1) is 14.8. The van der Waals surface area contributed by atoms with Crippen LogP contribution in [0.4, 0.5) is 0 Å². The quantitative estimate of drug-likeness (QED) is 0.803. The SMILES string of the molecule is CC(N)S/C(=C\C(C)(C)C(N)=O)c1ccccc1. The Morgan fingerprint density at radius 1 is 1.33 bits per heavy atom. The van der Waals surface area contributed by atoms with Gasteiger partial charge < -0.3 is 11.5 Å². The van der Waals surface area contributed by atoms with Crippen LogP contribution >= 0.6 is 11.8 Å². The fourth-order valence-electron chi connectivity index (χ4n) is 1.39. The molecule has 0 radical (unpaired) electrons. The van der Waals surface area contributed by atoms with Gasteiger partial charge >= 0.3 is 0 Å². The van der Waals surface area contributed by atoms with Crippen molar-refractivity contribution in [1.82, 2.24) is 0 Å². The van der Waals surface area contributed by atoms with Crippen LogP contribution in [0.15, 0.2) is 36.4 Å². The van der Waals surface area contributed by atoms with E-state index in [-0.39, 0.29) is 11.3 Å². The molecule has 0 aliphatic carbocycles.